The Morgan fingerprint density at radius 1 is 1.33 bits per heavy atom. The van der Waals surface area contributed by atoms with E-state index in [1.54, 1.807) is 7.11 Å². The van der Waals surface area contributed by atoms with E-state index in [-0.39, 0.29) is 12.1 Å². The molecule has 94 valence electrons. The van der Waals surface area contributed by atoms with Crippen LogP contribution in [0.1, 0.15) is 24.4 Å². The summed E-state index contributed by atoms with van der Waals surface area (Å²) >= 11 is 0. The summed E-state index contributed by atoms with van der Waals surface area (Å²) in [6.45, 7) is 0. The van der Waals surface area contributed by atoms with Crippen LogP contribution in [0.15, 0.2) is 36.5 Å². The summed E-state index contributed by atoms with van der Waals surface area (Å²) < 4.78 is 5.56. The van der Waals surface area contributed by atoms with E-state index in [1.807, 2.05) is 18.3 Å². The Balaban J connectivity index is 1.92. The van der Waals surface area contributed by atoms with Crippen LogP contribution in [-0.4, -0.2) is 18.2 Å². The van der Waals surface area contributed by atoms with Gasteiger partial charge in [-0.3, -0.25) is 4.98 Å². The van der Waals surface area contributed by atoms with Crippen molar-refractivity contribution in [1.82, 2.24) is 4.98 Å². The smallest absolute Gasteiger partial charge is 0.0791 e. The molecule has 1 heterocycles. The number of benzene rings is 1. The number of methoxy groups -OCH3 is 1. The van der Waals surface area contributed by atoms with E-state index in [4.69, 9.17) is 10.5 Å². The molecule has 2 aromatic rings. The molecule has 1 aliphatic carbocycles. The van der Waals surface area contributed by atoms with Crippen LogP contribution >= 0.6 is 0 Å². The zero-order chi connectivity index (χ0) is 12.5. The molecule has 1 aromatic heterocycles. The fraction of sp³-hybridized carbons (Fsp3) is 0.400. The van der Waals surface area contributed by atoms with E-state index in [1.165, 1.54) is 12.8 Å². The largest absolute Gasteiger partial charge is 0.379 e. The van der Waals surface area contributed by atoms with Gasteiger partial charge >= 0.3 is 0 Å². The van der Waals surface area contributed by atoms with Gasteiger partial charge in [0.25, 0.3) is 0 Å². The first-order valence-electron chi connectivity index (χ1n) is 6.42. The quantitative estimate of drug-likeness (QED) is 0.896. The van der Waals surface area contributed by atoms with Gasteiger partial charge in [0.05, 0.1) is 17.7 Å². The van der Waals surface area contributed by atoms with E-state index in [0.717, 1.165) is 16.5 Å². The van der Waals surface area contributed by atoms with Crippen LogP contribution in [0.4, 0.5) is 0 Å². The second-order valence-electron chi connectivity index (χ2n) is 5.02. The molecule has 0 radical (unpaired) electrons. The van der Waals surface area contributed by atoms with Gasteiger partial charge in [-0.15, -0.1) is 0 Å². The fourth-order valence-electron chi connectivity index (χ4n) is 2.55. The number of fused-ring (bicyclic) bond motifs is 1. The minimum Gasteiger partial charge on any atom is -0.379 e. The molecule has 0 amide bonds. The van der Waals surface area contributed by atoms with Crippen molar-refractivity contribution >= 4 is 10.9 Å². The lowest BCUT2D eigenvalue weighted by molar-refractivity contribution is 0.0624. The van der Waals surface area contributed by atoms with E-state index in [2.05, 4.69) is 23.2 Å². The fourth-order valence-corrected chi connectivity index (χ4v) is 2.55. The zero-order valence-corrected chi connectivity index (χ0v) is 10.5. The maximum absolute atomic E-state index is 6.34. The maximum Gasteiger partial charge on any atom is 0.0791 e. The monoisotopic (exact) mass is 242 g/mol. The highest BCUT2D eigenvalue weighted by Crippen LogP contribution is 2.39. The van der Waals surface area contributed by atoms with Gasteiger partial charge < -0.3 is 10.5 Å². The Morgan fingerprint density at radius 2 is 2.17 bits per heavy atom. The van der Waals surface area contributed by atoms with Crippen LogP contribution in [0.3, 0.4) is 0 Å². The summed E-state index contributed by atoms with van der Waals surface area (Å²) in [6.07, 6.45) is 4.42. The predicted molar refractivity (Wildman–Crippen MR) is 72.2 cm³/mol. The van der Waals surface area contributed by atoms with Crippen molar-refractivity contribution in [2.24, 2.45) is 11.7 Å². The lowest BCUT2D eigenvalue weighted by Crippen LogP contribution is -2.29. The molecule has 3 nitrogen and oxygen atoms in total. The van der Waals surface area contributed by atoms with Gasteiger partial charge in [-0.2, -0.15) is 0 Å². The second kappa shape index (κ2) is 4.67. The highest BCUT2D eigenvalue weighted by atomic mass is 16.5. The predicted octanol–water partition coefficient (Wildman–Crippen LogP) is 2.66. The van der Waals surface area contributed by atoms with Crippen LogP contribution in [-0.2, 0) is 4.74 Å². The Kier molecular flexibility index (Phi) is 3.02. The van der Waals surface area contributed by atoms with Gasteiger partial charge in [-0.1, -0.05) is 12.1 Å². The normalized spacial score (nSPS) is 18.8. The van der Waals surface area contributed by atoms with Gasteiger partial charge in [0, 0.05) is 18.7 Å². The average molecular weight is 242 g/mol. The van der Waals surface area contributed by atoms with Gasteiger partial charge in [-0.05, 0) is 42.5 Å². The van der Waals surface area contributed by atoms with E-state index < -0.39 is 0 Å². The third-order valence-corrected chi connectivity index (χ3v) is 3.72. The SMILES string of the molecule is COC(C1CC1)C(N)c1ccc2ncccc2c1. The van der Waals surface area contributed by atoms with E-state index in [0.29, 0.717) is 5.92 Å². The number of nitrogens with zero attached hydrogens (tertiary/aromatic N) is 1. The van der Waals surface area contributed by atoms with Crippen LogP contribution in [0.5, 0.6) is 0 Å². The summed E-state index contributed by atoms with van der Waals surface area (Å²) in [4.78, 5) is 4.32. The highest BCUT2D eigenvalue weighted by molar-refractivity contribution is 5.79. The molecule has 1 aromatic carbocycles. The lowest BCUT2D eigenvalue weighted by Gasteiger charge is -2.23. The minimum atomic E-state index is -0.0490. The van der Waals surface area contributed by atoms with Crippen molar-refractivity contribution in [1.29, 1.82) is 0 Å². The first-order valence-corrected chi connectivity index (χ1v) is 6.42. The molecular formula is C15H18N2O. The van der Waals surface area contributed by atoms with Crippen molar-refractivity contribution in [3.63, 3.8) is 0 Å². The molecule has 0 saturated heterocycles. The number of ether oxygens (including phenoxy) is 1. The molecule has 3 rings (SSSR count). The number of rotatable bonds is 4. The standard InChI is InChI=1S/C15H18N2O/c1-18-15(10-4-5-10)14(16)12-6-7-13-11(9-12)3-2-8-17-13/h2-3,6-10,14-15H,4-5,16H2,1H3. The molecule has 0 spiro atoms. The Morgan fingerprint density at radius 3 is 2.89 bits per heavy atom. The van der Waals surface area contributed by atoms with Crippen LogP contribution in [0.25, 0.3) is 10.9 Å². The van der Waals surface area contributed by atoms with Crippen molar-refractivity contribution < 1.29 is 4.74 Å². The highest BCUT2D eigenvalue weighted by Gasteiger charge is 2.35. The Hall–Kier alpha value is -1.45. The maximum atomic E-state index is 6.34. The third kappa shape index (κ3) is 2.11. The molecule has 2 atom stereocenters. The van der Waals surface area contributed by atoms with Gasteiger partial charge in [0.1, 0.15) is 0 Å². The first-order chi connectivity index (χ1) is 8.79. The molecule has 1 fully saturated rings. The molecule has 18 heavy (non-hydrogen) atoms. The average Bonchev–Trinajstić information content (AvgIpc) is 3.23. The lowest BCUT2D eigenvalue weighted by atomic mass is 9.97. The van der Waals surface area contributed by atoms with Gasteiger partial charge in [-0.25, -0.2) is 0 Å². The first kappa shape index (κ1) is 11.6. The molecular weight excluding hydrogens is 224 g/mol. The third-order valence-electron chi connectivity index (χ3n) is 3.72. The molecule has 1 aliphatic rings. The van der Waals surface area contributed by atoms with Crippen LogP contribution in [0.2, 0.25) is 0 Å². The number of nitrogens with two attached hydrogens (primary N) is 1. The van der Waals surface area contributed by atoms with Gasteiger partial charge in [0.2, 0.25) is 0 Å². The van der Waals surface area contributed by atoms with Crippen molar-refractivity contribution in [2.75, 3.05) is 7.11 Å². The summed E-state index contributed by atoms with van der Waals surface area (Å²) in [5, 5.41) is 1.14. The molecule has 0 aliphatic heterocycles. The Bertz CT molecular complexity index is 551. The summed E-state index contributed by atoms with van der Waals surface area (Å²) in [5.74, 6) is 0.634. The van der Waals surface area contributed by atoms with Crippen LogP contribution < -0.4 is 5.73 Å². The summed E-state index contributed by atoms with van der Waals surface area (Å²) in [6, 6.07) is 10.2. The molecule has 2 unspecified atom stereocenters. The molecule has 0 bridgehead atoms. The van der Waals surface area contributed by atoms with E-state index >= 15 is 0 Å². The van der Waals surface area contributed by atoms with Gasteiger partial charge in [0.15, 0.2) is 0 Å². The van der Waals surface area contributed by atoms with E-state index in [9.17, 15) is 0 Å². The zero-order valence-electron chi connectivity index (χ0n) is 10.5. The Labute approximate surface area is 107 Å². The number of hydrogen-bond donors (Lipinski definition) is 1. The molecule has 3 heteroatoms. The number of hydrogen-bond acceptors (Lipinski definition) is 3. The second-order valence-corrected chi connectivity index (χ2v) is 5.02. The number of aromatic nitrogens is 1. The topological polar surface area (TPSA) is 48.1 Å². The number of pyridine rings is 1. The summed E-state index contributed by atoms with van der Waals surface area (Å²) in [5.41, 5.74) is 8.48. The molecule has 2 N–H and O–H groups in total. The minimum absolute atomic E-state index is 0.0490. The van der Waals surface area contributed by atoms with Crippen LogP contribution in [0, 0.1) is 5.92 Å². The van der Waals surface area contributed by atoms with Crippen molar-refractivity contribution in [3.05, 3.63) is 42.1 Å². The van der Waals surface area contributed by atoms with Crippen molar-refractivity contribution in [2.45, 2.75) is 25.0 Å². The summed E-state index contributed by atoms with van der Waals surface area (Å²) in [7, 11) is 1.76. The molecule has 1 saturated carbocycles. The van der Waals surface area contributed by atoms with Crippen molar-refractivity contribution in [3.8, 4) is 0 Å².